The van der Waals surface area contributed by atoms with E-state index in [9.17, 15) is 4.79 Å². The Morgan fingerprint density at radius 3 is 2.50 bits per heavy atom. The number of rotatable bonds is 5. The van der Waals surface area contributed by atoms with Gasteiger partial charge < -0.3 is 0 Å². The Morgan fingerprint density at radius 2 is 1.79 bits per heavy atom. The van der Waals surface area contributed by atoms with Crippen molar-refractivity contribution in [2.24, 2.45) is 0 Å². The van der Waals surface area contributed by atoms with E-state index in [0.29, 0.717) is 15.8 Å². The summed E-state index contributed by atoms with van der Waals surface area (Å²) in [5.41, 5.74) is 3.53. The molecule has 0 N–H and O–H groups in total. The largest absolute Gasteiger partial charge is 0.293 e. The number of carbonyl (C=O) groups is 1. The first-order valence-electron chi connectivity index (χ1n) is 7.99. The third kappa shape index (κ3) is 4.13. The smallest absolute Gasteiger partial charge is 0.266 e. The van der Waals surface area contributed by atoms with E-state index in [2.05, 4.69) is 19.1 Å². The molecule has 1 aliphatic rings. The number of thioether (sulfide) groups is 1. The van der Waals surface area contributed by atoms with E-state index in [1.807, 2.05) is 48.5 Å². The molecule has 1 fully saturated rings. The van der Waals surface area contributed by atoms with Crippen LogP contribution in [-0.4, -0.2) is 21.7 Å². The topological polar surface area (TPSA) is 20.3 Å². The monoisotopic (exact) mass is 353 g/mol. The van der Waals surface area contributed by atoms with Crippen LogP contribution in [0.15, 0.2) is 59.5 Å². The summed E-state index contributed by atoms with van der Waals surface area (Å²) >= 11 is 6.78. The number of carbonyl (C=O) groups excluding carboxylic acids is 1. The molecular formula is C20H19NOS2. The first-order valence-corrected chi connectivity index (χ1v) is 9.22. The number of thiocarbonyl (C=S) groups is 1. The second-order valence-corrected chi connectivity index (χ2v) is 7.51. The van der Waals surface area contributed by atoms with Gasteiger partial charge in [-0.15, -0.1) is 0 Å². The minimum absolute atomic E-state index is 0.0265. The van der Waals surface area contributed by atoms with Gasteiger partial charge in [0.25, 0.3) is 5.91 Å². The number of nitrogens with zero attached hydrogens (tertiary/aromatic N) is 1. The van der Waals surface area contributed by atoms with Crippen molar-refractivity contribution in [3.8, 4) is 0 Å². The van der Waals surface area contributed by atoms with E-state index in [1.165, 1.54) is 22.9 Å². The lowest BCUT2D eigenvalue weighted by molar-refractivity contribution is -0.122. The molecule has 2 aromatic rings. The predicted molar refractivity (Wildman–Crippen MR) is 106 cm³/mol. The van der Waals surface area contributed by atoms with Crippen LogP contribution in [0.1, 0.15) is 23.1 Å². The Labute approximate surface area is 152 Å². The van der Waals surface area contributed by atoms with Crippen molar-refractivity contribution in [2.45, 2.75) is 19.8 Å². The van der Waals surface area contributed by atoms with Crippen molar-refractivity contribution in [1.82, 2.24) is 4.90 Å². The number of hydrogen-bond donors (Lipinski definition) is 0. The Morgan fingerprint density at radius 1 is 1.08 bits per heavy atom. The Kier molecular flexibility index (Phi) is 5.48. The lowest BCUT2D eigenvalue weighted by Gasteiger charge is -2.14. The summed E-state index contributed by atoms with van der Waals surface area (Å²) in [6.45, 7) is 2.72. The summed E-state index contributed by atoms with van der Waals surface area (Å²) in [6, 6.07) is 18.5. The summed E-state index contributed by atoms with van der Waals surface area (Å²) < 4.78 is 0.659. The van der Waals surface area contributed by atoms with Gasteiger partial charge in [0.05, 0.1) is 4.91 Å². The van der Waals surface area contributed by atoms with Crippen molar-refractivity contribution < 1.29 is 4.79 Å². The van der Waals surface area contributed by atoms with Gasteiger partial charge in [-0.3, -0.25) is 9.69 Å². The van der Waals surface area contributed by atoms with E-state index in [1.54, 1.807) is 4.90 Å². The zero-order chi connectivity index (χ0) is 16.9. The lowest BCUT2D eigenvalue weighted by atomic mass is 10.1. The minimum Gasteiger partial charge on any atom is -0.293 e. The zero-order valence-electron chi connectivity index (χ0n) is 13.6. The van der Waals surface area contributed by atoms with Gasteiger partial charge in [-0.05, 0) is 37.0 Å². The van der Waals surface area contributed by atoms with E-state index >= 15 is 0 Å². The summed E-state index contributed by atoms with van der Waals surface area (Å²) in [5, 5.41) is 0. The molecule has 2 nitrogen and oxygen atoms in total. The van der Waals surface area contributed by atoms with Crippen molar-refractivity contribution in [3.63, 3.8) is 0 Å². The third-order valence-corrected chi connectivity index (χ3v) is 5.32. The van der Waals surface area contributed by atoms with Crippen LogP contribution in [0.25, 0.3) is 6.08 Å². The molecule has 0 aromatic heterocycles. The SMILES string of the molecule is Cc1ccc(/C=C2/SC(=S)N(CCCc3ccccc3)C2=O)cc1. The van der Waals surface area contributed by atoms with Gasteiger partial charge in [0.1, 0.15) is 4.32 Å². The van der Waals surface area contributed by atoms with E-state index in [-0.39, 0.29) is 5.91 Å². The molecule has 3 rings (SSSR count). The molecule has 0 spiro atoms. The average Bonchev–Trinajstić information content (AvgIpc) is 2.85. The first-order chi connectivity index (χ1) is 11.6. The van der Waals surface area contributed by atoms with Gasteiger partial charge >= 0.3 is 0 Å². The molecule has 0 atom stereocenters. The van der Waals surface area contributed by atoms with Crippen molar-refractivity contribution >= 4 is 40.3 Å². The van der Waals surface area contributed by atoms with Crippen LogP contribution in [0, 0.1) is 6.92 Å². The molecule has 0 unspecified atom stereocenters. The fraction of sp³-hybridized carbons (Fsp3) is 0.200. The highest BCUT2D eigenvalue weighted by Gasteiger charge is 2.31. The van der Waals surface area contributed by atoms with E-state index in [4.69, 9.17) is 12.2 Å². The molecule has 24 heavy (non-hydrogen) atoms. The molecule has 1 saturated heterocycles. The highest BCUT2D eigenvalue weighted by atomic mass is 32.2. The van der Waals surface area contributed by atoms with Crippen molar-refractivity contribution in [1.29, 1.82) is 0 Å². The molecular weight excluding hydrogens is 334 g/mol. The summed E-state index contributed by atoms with van der Waals surface area (Å²) in [4.78, 5) is 15.0. The van der Waals surface area contributed by atoms with Crippen LogP contribution in [0.2, 0.25) is 0 Å². The van der Waals surface area contributed by atoms with E-state index < -0.39 is 0 Å². The standard InChI is InChI=1S/C20H19NOS2/c1-15-9-11-17(12-10-15)14-18-19(22)21(20(23)24-18)13-5-8-16-6-3-2-4-7-16/h2-4,6-7,9-12,14H,5,8,13H2,1H3/b18-14+. The summed E-state index contributed by atoms with van der Waals surface area (Å²) in [7, 11) is 0. The van der Waals surface area contributed by atoms with Gasteiger partial charge in [0.2, 0.25) is 0 Å². The summed E-state index contributed by atoms with van der Waals surface area (Å²) in [6.07, 6.45) is 3.79. The second kappa shape index (κ2) is 7.77. The Balaban J connectivity index is 1.62. The number of hydrogen-bond acceptors (Lipinski definition) is 3. The maximum Gasteiger partial charge on any atom is 0.266 e. The predicted octanol–water partition coefficient (Wildman–Crippen LogP) is 4.83. The van der Waals surface area contributed by atoms with Crippen LogP contribution in [0.5, 0.6) is 0 Å². The molecule has 0 radical (unpaired) electrons. The minimum atomic E-state index is 0.0265. The Bertz CT molecular complexity index is 766. The molecule has 122 valence electrons. The van der Waals surface area contributed by atoms with Gasteiger partial charge in [-0.2, -0.15) is 0 Å². The number of aryl methyl sites for hydroxylation is 2. The van der Waals surface area contributed by atoms with Gasteiger partial charge in [-0.25, -0.2) is 0 Å². The average molecular weight is 354 g/mol. The van der Waals surface area contributed by atoms with Crippen LogP contribution >= 0.6 is 24.0 Å². The third-order valence-electron chi connectivity index (χ3n) is 3.94. The summed E-state index contributed by atoms with van der Waals surface area (Å²) in [5.74, 6) is 0.0265. The van der Waals surface area contributed by atoms with Crippen molar-refractivity contribution in [3.05, 3.63) is 76.2 Å². The quantitative estimate of drug-likeness (QED) is 0.567. The highest BCUT2D eigenvalue weighted by Crippen LogP contribution is 2.32. The fourth-order valence-corrected chi connectivity index (χ4v) is 3.90. The molecule has 1 amide bonds. The maximum absolute atomic E-state index is 12.6. The van der Waals surface area contributed by atoms with Crippen LogP contribution in [-0.2, 0) is 11.2 Å². The molecule has 0 saturated carbocycles. The van der Waals surface area contributed by atoms with Crippen LogP contribution < -0.4 is 0 Å². The molecule has 2 aromatic carbocycles. The van der Waals surface area contributed by atoms with Crippen LogP contribution in [0.3, 0.4) is 0 Å². The number of benzene rings is 2. The maximum atomic E-state index is 12.6. The van der Waals surface area contributed by atoms with Crippen molar-refractivity contribution in [2.75, 3.05) is 6.54 Å². The normalized spacial score (nSPS) is 16.2. The molecule has 4 heteroatoms. The number of amides is 1. The fourth-order valence-electron chi connectivity index (χ4n) is 2.59. The molecule has 0 bridgehead atoms. The van der Waals surface area contributed by atoms with Gasteiger partial charge in [-0.1, -0.05) is 84.1 Å². The second-order valence-electron chi connectivity index (χ2n) is 5.83. The van der Waals surface area contributed by atoms with Gasteiger partial charge in [0, 0.05) is 6.54 Å². The lowest BCUT2D eigenvalue weighted by Crippen LogP contribution is -2.29. The molecule has 1 aliphatic heterocycles. The molecule has 1 heterocycles. The molecule has 0 aliphatic carbocycles. The zero-order valence-corrected chi connectivity index (χ0v) is 15.2. The highest BCUT2D eigenvalue weighted by molar-refractivity contribution is 8.26. The van der Waals surface area contributed by atoms with E-state index in [0.717, 1.165) is 18.4 Å². The van der Waals surface area contributed by atoms with Gasteiger partial charge in [0.15, 0.2) is 0 Å². The first kappa shape index (κ1) is 16.9. The Hall–Kier alpha value is -1.91. The van der Waals surface area contributed by atoms with Crippen LogP contribution in [0.4, 0.5) is 0 Å².